The van der Waals surface area contributed by atoms with E-state index in [9.17, 15) is 4.79 Å². The first-order chi connectivity index (χ1) is 12.9. The lowest BCUT2D eigenvalue weighted by Crippen LogP contribution is -2.34. The maximum Gasteiger partial charge on any atom is 0.253 e. The highest BCUT2D eigenvalue weighted by atomic mass is 16.5. The Hall–Kier alpha value is -2.79. The molecule has 142 valence electrons. The number of para-hydroxylation sites is 2. The summed E-state index contributed by atoms with van der Waals surface area (Å²) in [5.74, 6) is 0.742. The van der Waals surface area contributed by atoms with E-state index in [1.807, 2.05) is 63.5 Å². The number of benzene rings is 2. The van der Waals surface area contributed by atoms with E-state index in [1.54, 1.807) is 7.11 Å². The summed E-state index contributed by atoms with van der Waals surface area (Å²) in [6.07, 6.45) is 0. The normalized spacial score (nSPS) is 12.4. The molecule has 2 N–H and O–H groups in total. The van der Waals surface area contributed by atoms with E-state index in [4.69, 9.17) is 4.74 Å². The molecule has 3 aromatic rings. The second-order valence-electron chi connectivity index (χ2n) is 7.03. The maximum atomic E-state index is 12.9. The topological polar surface area (TPSA) is 57.4 Å². The number of rotatable bonds is 6. The SMILES string of the molecule is COc1ccccc1C(CNC(=O)c1cccc2c(C)c(C)[nH]c12)N(C)C. The monoisotopic (exact) mass is 365 g/mol. The van der Waals surface area contributed by atoms with E-state index in [0.29, 0.717) is 12.1 Å². The van der Waals surface area contributed by atoms with Crippen LogP contribution in [0.2, 0.25) is 0 Å². The number of fused-ring (bicyclic) bond motifs is 1. The summed E-state index contributed by atoms with van der Waals surface area (Å²) >= 11 is 0. The van der Waals surface area contributed by atoms with Gasteiger partial charge in [0, 0.05) is 23.2 Å². The van der Waals surface area contributed by atoms with Gasteiger partial charge in [-0.3, -0.25) is 4.79 Å². The number of aromatic nitrogens is 1. The van der Waals surface area contributed by atoms with Crippen molar-refractivity contribution in [2.45, 2.75) is 19.9 Å². The van der Waals surface area contributed by atoms with Gasteiger partial charge in [-0.25, -0.2) is 0 Å². The minimum Gasteiger partial charge on any atom is -0.496 e. The minimum absolute atomic E-state index is 0.0106. The Bertz CT molecular complexity index is 959. The standard InChI is InChI=1S/C22H27N3O2/c1-14-15(2)24-21-16(14)10-8-11-18(21)22(26)23-13-19(25(3)4)17-9-6-7-12-20(17)27-5/h6-12,19,24H,13H2,1-5H3,(H,23,26). The number of nitrogens with zero attached hydrogens (tertiary/aromatic N) is 1. The van der Waals surface area contributed by atoms with Gasteiger partial charge in [0.2, 0.25) is 0 Å². The molecule has 2 aromatic carbocycles. The molecule has 0 aliphatic rings. The number of hydrogen-bond acceptors (Lipinski definition) is 3. The van der Waals surface area contributed by atoms with Gasteiger partial charge >= 0.3 is 0 Å². The van der Waals surface area contributed by atoms with Crippen LogP contribution in [-0.4, -0.2) is 43.5 Å². The van der Waals surface area contributed by atoms with Gasteiger partial charge in [-0.2, -0.15) is 0 Å². The number of aromatic amines is 1. The lowest BCUT2D eigenvalue weighted by molar-refractivity contribution is 0.0943. The first-order valence-electron chi connectivity index (χ1n) is 9.09. The first-order valence-corrected chi connectivity index (χ1v) is 9.09. The molecule has 1 heterocycles. The number of likely N-dealkylation sites (N-methyl/N-ethyl adjacent to an activating group) is 1. The Morgan fingerprint density at radius 2 is 1.89 bits per heavy atom. The summed E-state index contributed by atoms with van der Waals surface area (Å²) in [5.41, 5.74) is 4.88. The number of carbonyl (C=O) groups is 1. The van der Waals surface area contributed by atoms with E-state index >= 15 is 0 Å². The van der Waals surface area contributed by atoms with Crippen LogP contribution in [0.1, 0.15) is 33.2 Å². The molecular formula is C22H27N3O2. The van der Waals surface area contributed by atoms with Gasteiger partial charge < -0.3 is 19.9 Å². The zero-order chi connectivity index (χ0) is 19.6. The Labute approximate surface area is 160 Å². The van der Waals surface area contributed by atoms with E-state index < -0.39 is 0 Å². The number of H-pyrrole nitrogens is 1. The van der Waals surface area contributed by atoms with E-state index in [-0.39, 0.29) is 11.9 Å². The highest BCUT2D eigenvalue weighted by Gasteiger charge is 2.20. The van der Waals surface area contributed by atoms with Crippen molar-refractivity contribution in [2.24, 2.45) is 0 Å². The third-order valence-electron chi connectivity index (χ3n) is 5.17. The predicted octanol–water partition coefficient (Wildman–Crippen LogP) is 3.83. The number of aryl methyl sites for hydroxylation is 2. The van der Waals surface area contributed by atoms with Crippen molar-refractivity contribution in [2.75, 3.05) is 27.7 Å². The molecule has 1 atom stereocenters. The average molecular weight is 365 g/mol. The average Bonchev–Trinajstić information content (AvgIpc) is 2.96. The van der Waals surface area contributed by atoms with Gasteiger partial charge in [0.05, 0.1) is 24.2 Å². The minimum atomic E-state index is -0.0800. The number of amides is 1. The molecule has 1 unspecified atom stereocenters. The fourth-order valence-corrected chi connectivity index (χ4v) is 3.47. The van der Waals surface area contributed by atoms with Crippen LogP contribution in [0.15, 0.2) is 42.5 Å². The van der Waals surface area contributed by atoms with Crippen LogP contribution in [0.25, 0.3) is 10.9 Å². The van der Waals surface area contributed by atoms with Gasteiger partial charge in [0.25, 0.3) is 5.91 Å². The Kier molecular flexibility index (Phi) is 5.51. The summed E-state index contributed by atoms with van der Waals surface area (Å²) in [6, 6.07) is 13.8. The summed E-state index contributed by atoms with van der Waals surface area (Å²) in [6.45, 7) is 4.58. The van der Waals surface area contributed by atoms with Crippen molar-refractivity contribution in [3.05, 3.63) is 64.8 Å². The van der Waals surface area contributed by atoms with Crippen LogP contribution in [0.5, 0.6) is 5.75 Å². The molecule has 0 aliphatic carbocycles. The third-order valence-corrected chi connectivity index (χ3v) is 5.17. The zero-order valence-electron chi connectivity index (χ0n) is 16.6. The molecule has 0 saturated carbocycles. The largest absolute Gasteiger partial charge is 0.496 e. The summed E-state index contributed by atoms with van der Waals surface area (Å²) in [4.78, 5) is 18.3. The molecule has 0 aliphatic heterocycles. The quantitative estimate of drug-likeness (QED) is 0.698. The maximum absolute atomic E-state index is 12.9. The van der Waals surface area contributed by atoms with E-state index in [0.717, 1.165) is 27.9 Å². The van der Waals surface area contributed by atoms with E-state index in [1.165, 1.54) is 5.56 Å². The highest BCUT2D eigenvalue weighted by Crippen LogP contribution is 2.28. The van der Waals surface area contributed by atoms with Crippen molar-refractivity contribution in [1.29, 1.82) is 0 Å². The van der Waals surface area contributed by atoms with Crippen LogP contribution in [0.4, 0.5) is 0 Å². The van der Waals surface area contributed by atoms with Crippen molar-refractivity contribution in [3.63, 3.8) is 0 Å². The van der Waals surface area contributed by atoms with Gasteiger partial charge in [-0.1, -0.05) is 30.3 Å². The molecule has 5 heteroatoms. The number of carbonyl (C=O) groups excluding carboxylic acids is 1. The molecule has 0 radical (unpaired) electrons. The molecule has 1 amide bonds. The predicted molar refractivity (Wildman–Crippen MR) is 110 cm³/mol. The van der Waals surface area contributed by atoms with Crippen LogP contribution in [-0.2, 0) is 0 Å². The van der Waals surface area contributed by atoms with Crippen molar-refractivity contribution in [1.82, 2.24) is 15.2 Å². The summed E-state index contributed by atoms with van der Waals surface area (Å²) in [5, 5.41) is 4.19. The van der Waals surface area contributed by atoms with Gasteiger partial charge in [-0.05, 0) is 45.6 Å². The molecule has 0 bridgehead atoms. The molecule has 5 nitrogen and oxygen atoms in total. The molecular weight excluding hydrogens is 338 g/mol. The van der Waals surface area contributed by atoms with Crippen molar-refractivity contribution in [3.8, 4) is 5.75 Å². The number of hydrogen-bond donors (Lipinski definition) is 2. The molecule has 3 rings (SSSR count). The summed E-state index contributed by atoms with van der Waals surface area (Å²) < 4.78 is 5.50. The lowest BCUT2D eigenvalue weighted by Gasteiger charge is -2.26. The van der Waals surface area contributed by atoms with Crippen LogP contribution in [0.3, 0.4) is 0 Å². The smallest absolute Gasteiger partial charge is 0.253 e. The van der Waals surface area contributed by atoms with Gasteiger partial charge in [0.1, 0.15) is 5.75 Å². The Morgan fingerprint density at radius 1 is 1.15 bits per heavy atom. The van der Waals surface area contributed by atoms with Crippen molar-refractivity contribution < 1.29 is 9.53 Å². The number of nitrogens with one attached hydrogen (secondary N) is 2. The molecule has 27 heavy (non-hydrogen) atoms. The van der Waals surface area contributed by atoms with Gasteiger partial charge in [-0.15, -0.1) is 0 Å². The van der Waals surface area contributed by atoms with Gasteiger partial charge in [0.15, 0.2) is 0 Å². The molecule has 0 fully saturated rings. The van der Waals surface area contributed by atoms with Crippen LogP contribution in [0, 0.1) is 13.8 Å². The van der Waals surface area contributed by atoms with Crippen LogP contribution >= 0.6 is 0 Å². The number of methoxy groups -OCH3 is 1. The second kappa shape index (κ2) is 7.84. The Balaban J connectivity index is 1.84. The fourth-order valence-electron chi connectivity index (χ4n) is 3.47. The van der Waals surface area contributed by atoms with E-state index in [2.05, 4.69) is 22.1 Å². The fraction of sp³-hybridized carbons (Fsp3) is 0.318. The first kappa shape index (κ1) is 19.0. The Morgan fingerprint density at radius 3 is 2.59 bits per heavy atom. The van der Waals surface area contributed by atoms with Crippen molar-refractivity contribution >= 4 is 16.8 Å². The summed E-state index contributed by atoms with van der Waals surface area (Å²) in [7, 11) is 5.67. The third kappa shape index (κ3) is 3.69. The molecule has 1 aromatic heterocycles. The van der Waals surface area contributed by atoms with Crippen LogP contribution < -0.4 is 10.1 Å². The zero-order valence-corrected chi connectivity index (χ0v) is 16.6. The molecule has 0 spiro atoms. The number of ether oxygens (including phenoxy) is 1. The highest BCUT2D eigenvalue weighted by molar-refractivity contribution is 6.06. The second-order valence-corrected chi connectivity index (χ2v) is 7.03. The lowest BCUT2D eigenvalue weighted by atomic mass is 10.0. The molecule has 0 saturated heterocycles.